The molecule has 3 N–H and O–H groups in total. The van der Waals surface area contributed by atoms with Gasteiger partial charge in [-0.1, -0.05) is 18.2 Å². The smallest absolute Gasteiger partial charge is 0.267 e. The molecule has 1 aliphatic heterocycles. The van der Waals surface area contributed by atoms with Gasteiger partial charge in [-0.15, -0.1) is 0 Å². The molecule has 0 fully saturated rings. The molecular formula is C19H16F2N6O. The maximum atomic E-state index is 13.2. The Kier molecular flexibility index (Phi) is 4.14. The van der Waals surface area contributed by atoms with E-state index < -0.39 is 17.9 Å². The molecule has 0 saturated carbocycles. The normalized spacial score (nSPS) is 19.4. The number of guanidine groups is 1. The van der Waals surface area contributed by atoms with E-state index in [1.807, 2.05) is 6.07 Å². The van der Waals surface area contributed by atoms with Crippen molar-refractivity contribution in [3.63, 3.8) is 0 Å². The number of carbonyl (C=O) groups excluding carboxylic acids is 1. The van der Waals surface area contributed by atoms with Crippen LogP contribution in [0.5, 0.6) is 0 Å². The van der Waals surface area contributed by atoms with E-state index in [-0.39, 0.29) is 17.2 Å². The van der Waals surface area contributed by atoms with Crippen molar-refractivity contribution in [2.24, 2.45) is 10.7 Å². The zero-order chi connectivity index (χ0) is 19.9. The molecule has 3 aromatic rings. The second kappa shape index (κ2) is 6.52. The minimum Gasteiger partial charge on any atom is -0.369 e. The topological polar surface area (TPSA) is 100 Å². The lowest BCUT2D eigenvalue weighted by atomic mass is 9.85. The summed E-state index contributed by atoms with van der Waals surface area (Å²) in [5.41, 5.74) is 6.32. The van der Waals surface area contributed by atoms with Crippen molar-refractivity contribution in [3.05, 3.63) is 71.7 Å². The van der Waals surface area contributed by atoms with Crippen LogP contribution in [0.25, 0.3) is 11.3 Å². The molecule has 0 saturated heterocycles. The number of aromatic nitrogens is 3. The first-order chi connectivity index (χ1) is 13.4. The molecule has 9 heteroatoms. The number of nitrogens with two attached hydrogens (primary N) is 1. The molecule has 1 aromatic carbocycles. The zero-order valence-corrected chi connectivity index (χ0v) is 14.8. The first-order valence-electron chi connectivity index (χ1n) is 8.42. The fourth-order valence-corrected chi connectivity index (χ4v) is 3.22. The molecule has 0 bridgehead atoms. The highest BCUT2D eigenvalue weighted by atomic mass is 19.3. The van der Waals surface area contributed by atoms with Crippen LogP contribution in [0.2, 0.25) is 0 Å². The number of amides is 1. The number of pyridine rings is 1. The molecule has 3 heterocycles. The quantitative estimate of drug-likeness (QED) is 0.724. The van der Waals surface area contributed by atoms with Crippen LogP contribution < -0.4 is 5.73 Å². The van der Waals surface area contributed by atoms with E-state index in [4.69, 9.17) is 5.73 Å². The lowest BCUT2D eigenvalue weighted by Gasteiger charge is -2.25. The Morgan fingerprint density at radius 1 is 1.21 bits per heavy atom. The van der Waals surface area contributed by atoms with E-state index in [2.05, 4.69) is 20.2 Å². The van der Waals surface area contributed by atoms with Gasteiger partial charge in [0.25, 0.3) is 12.3 Å². The fraction of sp³-hybridized carbons (Fsp3) is 0.158. The van der Waals surface area contributed by atoms with E-state index in [1.54, 1.807) is 30.5 Å². The molecule has 1 unspecified atom stereocenters. The van der Waals surface area contributed by atoms with Crippen LogP contribution >= 0.6 is 0 Å². The van der Waals surface area contributed by atoms with Gasteiger partial charge < -0.3 is 5.73 Å². The summed E-state index contributed by atoms with van der Waals surface area (Å²) in [5.74, 6) is -0.392. The van der Waals surface area contributed by atoms with Gasteiger partial charge in [0.15, 0.2) is 5.96 Å². The van der Waals surface area contributed by atoms with Crippen LogP contribution in [0.15, 0.2) is 59.9 Å². The predicted molar refractivity (Wildman–Crippen MR) is 98.4 cm³/mol. The van der Waals surface area contributed by atoms with Gasteiger partial charge in [0.2, 0.25) is 5.54 Å². The van der Waals surface area contributed by atoms with Crippen LogP contribution in [-0.4, -0.2) is 39.0 Å². The van der Waals surface area contributed by atoms with Gasteiger partial charge in [0.05, 0.1) is 11.4 Å². The van der Waals surface area contributed by atoms with Gasteiger partial charge in [-0.3, -0.25) is 19.8 Å². The van der Waals surface area contributed by atoms with E-state index in [1.165, 1.54) is 24.1 Å². The van der Waals surface area contributed by atoms with E-state index in [0.29, 0.717) is 11.3 Å². The lowest BCUT2D eigenvalue weighted by Crippen LogP contribution is -2.41. The largest absolute Gasteiger partial charge is 0.369 e. The molecule has 7 nitrogen and oxygen atoms in total. The number of halogens is 2. The molecule has 4 rings (SSSR count). The number of nitrogens with one attached hydrogen (secondary N) is 1. The fourth-order valence-electron chi connectivity index (χ4n) is 3.22. The minimum atomic E-state index is -2.66. The lowest BCUT2D eigenvalue weighted by molar-refractivity contribution is -0.129. The third-order valence-corrected chi connectivity index (χ3v) is 4.73. The number of hydrogen-bond acceptors (Lipinski definition) is 5. The van der Waals surface area contributed by atoms with Crippen molar-refractivity contribution in [3.8, 4) is 11.3 Å². The number of likely N-dealkylation sites (N-methyl/N-ethyl adjacent to an activating group) is 1. The van der Waals surface area contributed by atoms with Crippen LogP contribution in [0, 0.1) is 0 Å². The molecule has 1 amide bonds. The Labute approximate surface area is 158 Å². The van der Waals surface area contributed by atoms with Gasteiger partial charge in [0.1, 0.15) is 0 Å². The predicted octanol–water partition coefficient (Wildman–Crippen LogP) is 2.44. The summed E-state index contributed by atoms with van der Waals surface area (Å²) in [6, 6.07) is 11.5. The number of benzene rings is 1. The third kappa shape index (κ3) is 2.63. The monoisotopic (exact) mass is 382 g/mol. The van der Waals surface area contributed by atoms with Crippen LogP contribution in [0.1, 0.15) is 23.2 Å². The van der Waals surface area contributed by atoms with Crippen LogP contribution in [0.3, 0.4) is 0 Å². The van der Waals surface area contributed by atoms with E-state index in [0.717, 1.165) is 11.8 Å². The average molecular weight is 382 g/mol. The summed E-state index contributed by atoms with van der Waals surface area (Å²) in [6.45, 7) is 0. The Balaban J connectivity index is 1.91. The summed E-state index contributed by atoms with van der Waals surface area (Å²) in [4.78, 5) is 22.9. The van der Waals surface area contributed by atoms with Gasteiger partial charge >= 0.3 is 0 Å². The molecule has 0 spiro atoms. The summed E-state index contributed by atoms with van der Waals surface area (Å²) in [5, 5.41) is 6.89. The first-order valence-corrected chi connectivity index (χ1v) is 8.42. The number of hydrogen-bond donors (Lipinski definition) is 2. The van der Waals surface area contributed by atoms with Crippen molar-refractivity contribution in [2.75, 3.05) is 7.05 Å². The summed E-state index contributed by atoms with van der Waals surface area (Å²) < 4.78 is 25.9. The molecule has 1 atom stereocenters. The molecule has 28 heavy (non-hydrogen) atoms. The van der Waals surface area contributed by atoms with E-state index >= 15 is 0 Å². The number of carbonyl (C=O) groups is 1. The van der Waals surface area contributed by atoms with Gasteiger partial charge in [0, 0.05) is 30.6 Å². The van der Waals surface area contributed by atoms with Crippen molar-refractivity contribution < 1.29 is 13.6 Å². The zero-order valence-electron chi connectivity index (χ0n) is 14.8. The molecule has 0 radical (unpaired) electrons. The first kappa shape index (κ1) is 17.8. The number of aromatic amines is 1. The Hall–Kier alpha value is -3.62. The van der Waals surface area contributed by atoms with Crippen molar-refractivity contribution in [2.45, 2.75) is 12.0 Å². The van der Waals surface area contributed by atoms with Gasteiger partial charge in [-0.25, -0.2) is 13.8 Å². The number of rotatable bonds is 4. The highest BCUT2D eigenvalue weighted by Crippen LogP contribution is 2.39. The standard InChI is InChI=1S/C19H16F2N6O/c1-27-17(28)19(25-18(27)22,15-6-5-12(10-23-15)16(20)21)13-4-2-3-11(9-13)14-7-8-24-26-14/h2-10,16H,1H3,(H2,22,25)(H,24,26). The van der Waals surface area contributed by atoms with E-state index in [9.17, 15) is 13.6 Å². The molecule has 142 valence electrons. The number of nitrogens with zero attached hydrogens (tertiary/aromatic N) is 4. The Morgan fingerprint density at radius 2 is 2.04 bits per heavy atom. The van der Waals surface area contributed by atoms with Gasteiger partial charge in [-0.2, -0.15) is 5.10 Å². The average Bonchev–Trinajstić information content (AvgIpc) is 3.32. The second-order valence-corrected chi connectivity index (χ2v) is 6.36. The Morgan fingerprint density at radius 3 is 2.61 bits per heavy atom. The molecule has 0 aliphatic carbocycles. The highest BCUT2D eigenvalue weighted by Gasteiger charge is 2.50. The van der Waals surface area contributed by atoms with Crippen LogP contribution in [-0.2, 0) is 10.3 Å². The summed E-state index contributed by atoms with van der Waals surface area (Å²) in [7, 11) is 1.51. The Bertz CT molecular complexity index is 1050. The second-order valence-electron chi connectivity index (χ2n) is 6.36. The van der Waals surface area contributed by atoms with Gasteiger partial charge in [-0.05, 0) is 29.8 Å². The highest BCUT2D eigenvalue weighted by molar-refractivity contribution is 6.08. The van der Waals surface area contributed by atoms with Crippen molar-refractivity contribution >= 4 is 11.9 Å². The maximum absolute atomic E-state index is 13.2. The number of aliphatic imine (C=N–C) groups is 1. The maximum Gasteiger partial charge on any atom is 0.267 e. The molecule has 2 aromatic heterocycles. The molecular weight excluding hydrogens is 366 g/mol. The number of H-pyrrole nitrogens is 1. The molecule has 1 aliphatic rings. The SMILES string of the molecule is CN1C(=O)C(c2cccc(-c3cc[nH]n3)c2)(c2ccc(C(F)F)cn2)N=C1N. The van der Waals surface area contributed by atoms with Crippen LogP contribution in [0.4, 0.5) is 8.78 Å². The summed E-state index contributed by atoms with van der Waals surface area (Å²) >= 11 is 0. The number of alkyl halides is 2. The van der Waals surface area contributed by atoms with Crippen molar-refractivity contribution in [1.82, 2.24) is 20.1 Å². The third-order valence-electron chi connectivity index (χ3n) is 4.73. The van der Waals surface area contributed by atoms with Crippen molar-refractivity contribution in [1.29, 1.82) is 0 Å². The minimum absolute atomic E-state index is 0.0231. The summed E-state index contributed by atoms with van der Waals surface area (Å²) in [6.07, 6.45) is 0.0833.